The first-order chi connectivity index (χ1) is 8.13. The zero-order chi connectivity index (χ0) is 12.4. The topological polar surface area (TPSA) is 64.1 Å². The monoisotopic (exact) mass is 231 g/mol. The molecule has 0 aliphatic heterocycles. The second-order valence-corrected chi connectivity index (χ2v) is 4.15. The zero-order valence-corrected chi connectivity index (χ0v) is 10.1. The number of aromatic nitrogens is 2. The Morgan fingerprint density at radius 2 is 2.06 bits per heavy atom. The van der Waals surface area contributed by atoms with Crippen molar-refractivity contribution in [3.05, 3.63) is 47.3 Å². The van der Waals surface area contributed by atoms with Gasteiger partial charge in [-0.3, -0.25) is 0 Å². The molecule has 1 aromatic heterocycles. The third-order valence-corrected chi connectivity index (χ3v) is 2.76. The van der Waals surface area contributed by atoms with Crippen LogP contribution in [0.1, 0.15) is 23.1 Å². The van der Waals surface area contributed by atoms with E-state index in [-0.39, 0.29) is 6.54 Å². The van der Waals surface area contributed by atoms with Crippen LogP contribution in [0.5, 0.6) is 0 Å². The van der Waals surface area contributed by atoms with Gasteiger partial charge in [0.15, 0.2) is 0 Å². The highest BCUT2D eigenvalue weighted by Gasteiger charge is 2.13. The second kappa shape index (κ2) is 4.69. The first-order valence-corrected chi connectivity index (χ1v) is 5.64. The molecule has 0 spiro atoms. The van der Waals surface area contributed by atoms with Crippen LogP contribution in [0.3, 0.4) is 0 Å². The maximum absolute atomic E-state index is 9.90. The lowest BCUT2D eigenvalue weighted by molar-refractivity contribution is 0.186. The summed E-state index contributed by atoms with van der Waals surface area (Å²) in [5.74, 6) is 0. The molecule has 4 heteroatoms. The molecule has 1 unspecified atom stereocenters. The Kier molecular flexibility index (Phi) is 3.26. The van der Waals surface area contributed by atoms with Crippen LogP contribution in [-0.4, -0.2) is 21.4 Å². The fourth-order valence-electron chi connectivity index (χ4n) is 1.96. The number of hydrogen-bond donors (Lipinski definition) is 2. The summed E-state index contributed by atoms with van der Waals surface area (Å²) in [6.07, 6.45) is -0.657. The minimum atomic E-state index is -0.657. The van der Waals surface area contributed by atoms with Crippen molar-refractivity contribution in [3.63, 3.8) is 0 Å². The van der Waals surface area contributed by atoms with Gasteiger partial charge in [-0.1, -0.05) is 18.2 Å². The van der Waals surface area contributed by atoms with Gasteiger partial charge in [0.2, 0.25) is 0 Å². The third-order valence-electron chi connectivity index (χ3n) is 2.76. The number of rotatable bonds is 3. The highest BCUT2D eigenvalue weighted by atomic mass is 16.3. The molecule has 0 aliphatic carbocycles. The summed E-state index contributed by atoms with van der Waals surface area (Å²) in [6.45, 7) is 4.15. The largest absolute Gasteiger partial charge is 0.387 e. The molecule has 17 heavy (non-hydrogen) atoms. The summed E-state index contributed by atoms with van der Waals surface area (Å²) in [7, 11) is 0. The molecule has 0 saturated carbocycles. The highest BCUT2D eigenvalue weighted by Crippen LogP contribution is 2.22. The quantitative estimate of drug-likeness (QED) is 0.841. The normalized spacial score (nSPS) is 12.7. The van der Waals surface area contributed by atoms with Crippen molar-refractivity contribution >= 4 is 0 Å². The Labute approximate surface area is 101 Å². The summed E-state index contributed by atoms with van der Waals surface area (Å²) < 4.78 is 1.84. The molecule has 4 nitrogen and oxygen atoms in total. The molecule has 0 aliphatic rings. The molecule has 1 aromatic carbocycles. The fourth-order valence-corrected chi connectivity index (χ4v) is 1.96. The number of aryl methyl sites for hydroxylation is 2. The first kappa shape index (κ1) is 11.8. The first-order valence-electron chi connectivity index (χ1n) is 5.64. The molecule has 0 bridgehead atoms. The average Bonchev–Trinajstić information content (AvgIpc) is 2.67. The molecule has 3 N–H and O–H groups in total. The van der Waals surface area contributed by atoms with Gasteiger partial charge in [0, 0.05) is 17.8 Å². The van der Waals surface area contributed by atoms with Crippen molar-refractivity contribution in [2.45, 2.75) is 20.0 Å². The molecule has 2 rings (SSSR count). The molecule has 2 aromatic rings. The number of benzene rings is 1. The van der Waals surface area contributed by atoms with Crippen LogP contribution in [0.2, 0.25) is 0 Å². The minimum Gasteiger partial charge on any atom is -0.387 e. The van der Waals surface area contributed by atoms with Crippen LogP contribution in [0.4, 0.5) is 0 Å². The van der Waals surface area contributed by atoms with Gasteiger partial charge in [0.05, 0.1) is 17.5 Å². The SMILES string of the molecule is Cc1cc(C)n(-c2ccccc2C(O)CN)n1. The van der Waals surface area contributed by atoms with Crippen molar-refractivity contribution in [3.8, 4) is 5.69 Å². The smallest absolute Gasteiger partial charge is 0.0933 e. The van der Waals surface area contributed by atoms with Crippen LogP contribution in [0.25, 0.3) is 5.69 Å². The lowest BCUT2D eigenvalue weighted by Crippen LogP contribution is -2.14. The van der Waals surface area contributed by atoms with E-state index >= 15 is 0 Å². The number of nitrogens with zero attached hydrogens (tertiary/aromatic N) is 2. The van der Waals surface area contributed by atoms with E-state index in [4.69, 9.17) is 5.73 Å². The van der Waals surface area contributed by atoms with Crippen LogP contribution in [-0.2, 0) is 0 Å². The van der Waals surface area contributed by atoms with E-state index < -0.39 is 6.10 Å². The Hall–Kier alpha value is -1.65. The van der Waals surface area contributed by atoms with E-state index in [1.54, 1.807) is 0 Å². The minimum absolute atomic E-state index is 0.205. The molecular formula is C13H17N3O. The van der Waals surface area contributed by atoms with Crippen LogP contribution >= 0.6 is 0 Å². The van der Waals surface area contributed by atoms with E-state index in [2.05, 4.69) is 5.10 Å². The number of para-hydroxylation sites is 1. The standard InChI is InChI=1S/C13H17N3O/c1-9-7-10(2)16(15-9)12-6-4-3-5-11(12)13(17)8-14/h3-7,13,17H,8,14H2,1-2H3. The summed E-state index contributed by atoms with van der Waals surface area (Å²) in [5, 5.41) is 14.3. The number of aliphatic hydroxyl groups excluding tert-OH is 1. The number of hydrogen-bond acceptors (Lipinski definition) is 3. The Morgan fingerprint density at radius 3 is 2.65 bits per heavy atom. The summed E-state index contributed by atoms with van der Waals surface area (Å²) in [5.41, 5.74) is 9.21. The van der Waals surface area contributed by atoms with Gasteiger partial charge >= 0.3 is 0 Å². The molecule has 1 atom stereocenters. The number of aliphatic hydroxyl groups is 1. The van der Waals surface area contributed by atoms with Gasteiger partial charge in [0.25, 0.3) is 0 Å². The van der Waals surface area contributed by atoms with E-state index in [1.165, 1.54) is 0 Å². The van der Waals surface area contributed by atoms with Crippen molar-refractivity contribution in [1.29, 1.82) is 0 Å². The zero-order valence-electron chi connectivity index (χ0n) is 10.1. The van der Waals surface area contributed by atoms with Crippen LogP contribution in [0.15, 0.2) is 30.3 Å². The molecule has 0 radical (unpaired) electrons. The van der Waals surface area contributed by atoms with Gasteiger partial charge in [-0.05, 0) is 26.0 Å². The number of nitrogens with two attached hydrogens (primary N) is 1. The summed E-state index contributed by atoms with van der Waals surface area (Å²) in [4.78, 5) is 0. The Bertz CT molecular complexity index is 519. The maximum Gasteiger partial charge on any atom is 0.0933 e. The van der Waals surface area contributed by atoms with Crippen molar-refractivity contribution in [2.75, 3.05) is 6.54 Å². The average molecular weight is 231 g/mol. The predicted molar refractivity (Wildman–Crippen MR) is 67.1 cm³/mol. The molecule has 0 saturated heterocycles. The van der Waals surface area contributed by atoms with Gasteiger partial charge in [-0.15, -0.1) is 0 Å². The lowest BCUT2D eigenvalue weighted by Gasteiger charge is -2.14. The summed E-state index contributed by atoms with van der Waals surface area (Å²) in [6, 6.07) is 9.64. The van der Waals surface area contributed by atoms with E-state index in [0.717, 1.165) is 22.6 Å². The second-order valence-electron chi connectivity index (χ2n) is 4.15. The molecule has 1 heterocycles. The van der Waals surface area contributed by atoms with Crippen molar-refractivity contribution in [2.24, 2.45) is 5.73 Å². The van der Waals surface area contributed by atoms with Crippen LogP contribution < -0.4 is 5.73 Å². The maximum atomic E-state index is 9.90. The molecule has 0 amide bonds. The third kappa shape index (κ3) is 2.23. The molecule has 0 fully saturated rings. The van der Waals surface area contributed by atoms with Gasteiger partial charge in [-0.2, -0.15) is 5.10 Å². The predicted octanol–water partition coefficient (Wildman–Crippen LogP) is 1.48. The highest BCUT2D eigenvalue weighted by molar-refractivity contribution is 5.43. The van der Waals surface area contributed by atoms with Crippen molar-refractivity contribution in [1.82, 2.24) is 9.78 Å². The summed E-state index contributed by atoms with van der Waals surface area (Å²) >= 11 is 0. The Morgan fingerprint density at radius 1 is 1.35 bits per heavy atom. The van der Waals surface area contributed by atoms with Crippen molar-refractivity contribution < 1.29 is 5.11 Å². The molecule has 90 valence electrons. The fraction of sp³-hybridized carbons (Fsp3) is 0.308. The van der Waals surface area contributed by atoms with E-state index in [9.17, 15) is 5.11 Å². The van der Waals surface area contributed by atoms with E-state index in [1.807, 2.05) is 48.9 Å². The van der Waals surface area contributed by atoms with Crippen LogP contribution in [0, 0.1) is 13.8 Å². The van der Waals surface area contributed by atoms with Gasteiger partial charge in [-0.25, -0.2) is 4.68 Å². The van der Waals surface area contributed by atoms with Gasteiger partial charge < -0.3 is 10.8 Å². The van der Waals surface area contributed by atoms with E-state index in [0.29, 0.717) is 0 Å². The molecular weight excluding hydrogens is 214 g/mol. The Balaban J connectivity index is 2.55. The lowest BCUT2D eigenvalue weighted by atomic mass is 10.1. The van der Waals surface area contributed by atoms with Gasteiger partial charge in [0.1, 0.15) is 0 Å².